The van der Waals surface area contributed by atoms with Crippen LogP contribution < -0.4 is 10.6 Å². The predicted molar refractivity (Wildman–Crippen MR) is 93.8 cm³/mol. The predicted octanol–water partition coefficient (Wildman–Crippen LogP) is 3.81. The molecule has 4 heteroatoms. The summed E-state index contributed by atoms with van der Waals surface area (Å²) in [6.45, 7) is 9.66. The lowest BCUT2D eigenvalue weighted by atomic mass is 10.1. The van der Waals surface area contributed by atoms with E-state index in [1.54, 1.807) is 0 Å². The minimum atomic E-state index is -0.668. The molecule has 120 valence electrons. The standard InChI is InChI=1S/C19H22N2O2/c1-11-6-7-13(3)16(10-11)20-18(22)19(23)21-17-14(4)8-12(2)9-15(17)5/h6-10H,1-5H3,(H,20,22)(H,21,23). The second-order valence-electron chi connectivity index (χ2n) is 6.00. The highest BCUT2D eigenvalue weighted by Crippen LogP contribution is 2.22. The Morgan fingerprint density at radius 3 is 1.87 bits per heavy atom. The van der Waals surface area contributed by atoms with Crippen molar-refractivity contribution in [3.05, 3.63) is 58.1 Å². The van der Waals surface area contributed by atoms with Gasteiger partial charge in [0.2, 0.25) is 0 Å². The second kappa shape index (κ2) is 6.65. The molecule has 23 heavy (non-hydrogen) atoms. The number of carbonyl (C=O) groups excluding carboxylic acids is 2. The molecule has 0 spiro atoms. The molecule has 4 nitrogen and oxygen atoms in total. The first-order valence-electron chi connectivity index (χ1n) is 7.55. The third kappa shape index (κ3) is 3.97. The molecular weight excluding hydrogens is 288 g/mol. The van der Waals surface area contributed by atoms with Gasteiger partial charge < -0.3 is 10.6 Å². The van der Waals surface area contributed by atoms with E-state index < -0.39 is 11.8 Å². The summed E-state index contributed by atoms with van der Waals surface area (Å²) >= 11 is 0. The van der Waals surface area contributed by atoms with Crippen molar-refractivity contribution in [3.8, 4) is 0 Å². The van der Waals surface area contributed by atoms with Crippen molar-refractivity contribution < 1.29 is 9.59 Å². The van der Waals surface area contributed by atoms with Crippen molar-refractivity contribution in [2.45, 2.75) is 34.6 Å². The number of benzene rings is 2. The molecule has 0 fully saturated rings. The lowest BCUT2D eigenvalue weighted by Gasteiger charge is -2.13. The molecule has 2 rings (SSSR count). The van der Waals surface area contributed by atoms with E-state index in [1.165, 1.54) is 0 Å². The summed E-state index contributed by atoms with van der Waals surface area (Å²) in [6.07, 6.45) is 0. The SMILES string of the molecule is Cc1cc(C)c(NC(=O)C(=O)Nc2cc(C)ccc2C)c(C)c1. The average molecular weight is 310 g/mol. The van der Waals surface area contributed by atoms with Crippen LogP contribution in [0.15, 0.2) is 30.3 Å². The topological polar surface area (TPSA) is 58.2 Å². The average Bonchev–Trinajstić information content (AvgIpc) is 2.46. The van der Waals surface area contributed by atoms with Gasteiger partial charge in [-0.15, -0.1) is 0 Å². The van der Waals surface area contributed by atoms with Gasteiger partial charge in [0.25, 0.3) is 0 Å². The maximum absolute atomic E-state index is 12.2. The highest BCUT2D eigenvalue weighted by molar-refractivity contribution is 6.43. The Morgan fingerprint density at radius 1 is 0.696 bits per heavy atom. The van der Waals surface area contributed by atoms with Crippen LogP contribution in [0.5, 0.6) is 0 Å². The Balaban J connectivity index is 2.15. The van der Waals surface area contributed by atoms with Gasteiger partial charge in [-0.2, -0.15) is 0 Å². The molecule has 0 radical (unpaired) electrons. The highest BCUT2D eigenvalue weighted by Gasteiger charge is 2.17. The zero-order valence-electron chi connectivity index (χ0n) is 14.2. The Hall–Kier alpha value is -2.62. The number of carbonyl (C=O) groups is 2. The highest BCUT2D eigenvalue weighted by atomic mass is 16.2. The fourth-order valence-corrected chi connectivity index (χ4v) is 2.60. The normalized spacial score (nSPS) is 10.3. The molecule has 0 aliphatic rings. The molecule has 2 aromatic carbocycles. The van der Waals surface area contributed by atoms with Gasteiger partial charge in [0.1, 0.15) is 0 Å². The number of nitrogens with one attached hydrogen (secondary N) is 2. The minimum absolute atomic E-state index is 0.655. The largest absolute Gasteiger partial charge is 0.318 e. The van der Waals surface area contributed by atoms with E-state index in [4.69, 9.17) is 0 Å². The van der Waals surface area contributed by atoms with Crippen LogP contribution in [-0.2, 0) is 9.59 Å². The molecular formula is C19H22N2O2. The summed E-state index contributed by atoms with van der Waals surface area (Å²) in [5.74, 6) is -1.33. The van der Waals surface area contributed by atoms with Crippen LogP contribution in [-0.4, -0.2) is 11.8 Å². The van der Waals surface area contributed by atoms with Gasteiger partial charge in [-0.1, -0.05) is 29.8 Å². The molecule has 0 aliphatic carbocycles. The minimum Gasteiger partial charge on any atom is -0.318 e. The summed E-state index contributed by atoms with van der Waals surface area (Å²) in [5, 5.41) is 5.38. The molecule has 2 amide bonds. The van der Waals surface area contributed by atoms with E-state index in [2.05, 4.69) is 10.6 Å². The first kappa shape index (κ1) is 16.7. The van der Waals surface area contributed by atoms with Gasteiger partial charge in [0.15, 0.2) is 0 Å². The zero-order chi connectivity index (χ0) is 17.1. The van der Waals surface area contributed by atoms with E-state index in [0.717, 1.165) is 27.8 Å². The Kier molecular flexibility index (Phi) is 4.84. The van der Waals surface area contributed by atoms with Crippen LogP contribution >= 0.6 is 0 Å². The Bertz CT molecular complexity index is 756. The van der Waals surface area contributed by atoms with Crippen LogP contribution in [0.25, 0.3) is 0 Å². The summed E-state index contributed by atoms with van der Waals surface area (Å²) in [6, 6.07) is 9.68. The summed E-state index contributed by atoms with van der Waals surface area (Å²) < 4.78 is 0. The lowest BCUT2D eigenvalue weighted by molar-refractivity contribution is -0.133. The lowest BCUT2D eigenvalue weighted by Crippen LogP contribution is -2.30. The number of hydrogen-bond donors (Lipinski definition) is 2. The number of aryl methyl sites for hydroxylation is 5. The first-order valence-corrected chi connectivity index (χ1v) is 7.55. The number of amides is 2. The zero-order valence-corrected chi connectivity index (χ0v) is 14.2. The maximum Gasteiger partial charge on any atom is 0.314 e. The summed E-state index contributed by atoms with van der Waals surface area (Å²) in [5.41, 5.74) is 6.29. The third-order valence-corrected chi connectivity index (χ3v) is 3.76. The van der Waals surface area contributed by atoms with Gasteiger partial charge >= 0.3 is 11.8 Å². The van der Waals surface area contributed by atoms with Crippen molar-refractivity contribution in [2.75, 3.05) is 10.6 Å². The molecule has 2 aromatic rings. The fourth-order valence-electron chi connectivity index (χ4n) is 2.60. The van der Waals surface area contributed by atoms with Crippen molar-refractivity contribution in [1.82, 2.24) is 0 Å². The molecule has 0 atom stereocenters. The second-order valence-corrected chi connectivity index (χ2v) is 6.00. The van der Waals surface area contributed by atoms with Gasteiger partial charge in [0, 0.05) is 11.4 Å². The first-order chi connectivity index (χ1) is 10.8. The van der Waals surface area contributed by atoms with Crippen molar-refractivity contribution in [3.63, 3.8) is 0 Å². The van der Waals surface area contributed by atoms with E-state index in [0.29, 0.717) is 11.4 Å². The Morgan fingerprint density at radius 2 is 1.26 bits per heavy atom. The van der Waals surface area contributed by atoms with Crippen molar-refractivity contribution in [2.24, 2.45) is 0 Å². The van der Waals surface area contributed by atoms with Gasteiger partial charge in [0.05, 0.1) is 0 Å². The van der Waals surface area contributed by atoms with E-state index in [9.17, 15) is 9.59 Å². The number of rotatable bonds is 2. The molecule has 0 aromatic heterocycles. The number of hydrogen-bond acceptors (Lipinski definition) is 2. The maximum atomic E-state index is 12.2. The third-order valence-electron chi connectivity index (χ3n) is 3.76. The molecule has 0 bridgehead atoms. The molecule has 0 aliphatic heterocycles. The molecule has 0 saturated carbocycles. The van der Waals surface area contributed by atoms with Gasteiger partial charge in [-0.05, 0) is 62.9 Å². The van der Waals surface area contributed by atoms with Crippen molar-refractivity contribution in [1.29, 1.82) is 0 Å². The molecule has 2 N–H and O–H groups in total. The van der Waals surface area contributed by atoms with Crippen LogP contribution in [0.2, 0.25) is 0 Å². The number of anilines is 2. The van der Waals surface area contributed by atoms with Gasteiger partial charge in [-0.25, -0.2) is 0 Å². The quantitative estimate of drug-likeness (QED) is 0.829. The van der Waals surface area contributed by atoms with Crippen molar-refractivity contribution >= 4 is 23.2 Å². The van der Waals surface area contributed by atoms with Crippen LogP contribution in [0.1, 0.15) is 27.8 Å². The summed E-state index contributed by atoms with van der Waals surface area (Å²) in [7, 11) is 0. The molecule has 0 heterocycles. The van der Waals surface area contributed by atoms with E-state index >= 15 is 0 Å². The van der Waals surface area contributed by atoms with Crippen LogP contribution in [0.4, 0.5) is 11.4 Å². The van der Waals surface area contributed by atoms with Crippen LogP contribution in [0.3, 0.4) is 0 Å². The Labute approximate surface area is 136 Å². The monoisotopic (exact) mass is 310 g/mol. The van der Waals surface area contributed by atoms with E-state index in [-0.39, 0.29) is 0 Å². The van der Waals surface area contributed by atoms with Gasteiger partial charge in [-0.3, -0.25) is 9.59 Å². The van der Waals surface area contributed by atoms with E-state index in [1.807, 2.05) is 65.0 Å². The fraction of sp³-hybridized carbons (Fsp3) is 0.263. The molecule has 0 saturated heterocycles. The summed E-state index contributed by atoms with van der Waals surface area (Å²) in [4.78, 5) is 24.3. The smallest absolute Gasteiger partial charge is 0.314 e. The molecule has 0 unspecified atom stereocenters. The van der Waals surface area contributed by atoms with Crippen LogP contribution in [0, 0.1) is 34.6 Å².